The summed E-state index contributed by atoms with van der Waals surface area (Å²) in [6.45, 7) is 13.8. The predicted octanol–water partition coefficient (Wildman–Crippen LogP) is 3.12. The van der Waals surface area contributed by atoms with Gasteiger partial charge in [-0.15, -0.1) is 0 Å². The third-order valence-corrected chi connectivity index (χ3v) is 4.79. The molecule has 0 aliphatic carbocycles. The highest BCUT2D eigenvalue weighted by Crippen LogP contribution is 2.19. The average Bonchev–Trinajstić information content (AvgIpc) is 2.95. The Labute approximate surface area is 145 Å². The lowest BCUT2D eigenvalue weighted by Crippen LogP contribution is -2.46. The van der Waals surface area contributed by atoms with Crippen LogP contribution in [0.2, 0.25) is 0 Å². The van der Waals surface area contributed by atoms with Crippen LogP contribution in [0, 0.1) is 6.92 Å². The smallest absolute Gasteiger partial charge is 0.128 e. The summed E-state index contributed by atoms with van der Waals surface area (Å²) in [4.78, 5) is 17.8. The summed E-state index contributed by atoms with van der Waals surface area (Å²) in [5.41, 5.74) is 3.58. The summed E-state index contributed by atoms with van der Waals surface area (Å²) in [7, 11) is 0. The number of aryl methyl sites for hydroxylation is 2. The van der Waals surface area contributed by atoms with Crippen molar-refractivity contribution in [2.24, 2.45) is 0 Å². The van der Waals surface area contributed by atoms with E-state index in [4.69, 9.17) is 9.97 Å². The standard InChI is InChI=1S/C19H29N5/c1-5-18-20-15(4)17(21-18)13-23-9-11-24(12-10-23)19-8-6-7-16(22-19)14(2)3/h6-8,14H,5,9-13H2,1-4H3,(H,20,21). The number of aromatic nitrogens is 3. The van der Waals surface area contributed by atoms with E-state index in [9.17, 15) is 0 Å². The summed E-state index contributed by atoms with van der Waals surface area (Å²) < 4.78 is 0. The van der Waals surface area contributed by atoms with Gasteiger partial charge in [0.05, 0.1) is 5.69 Å². The van der Waals surface area contributed by atoms with Gasteiger partial charge in [0.25, 0.3) is 0 Å². The number of hydrogen-bond donors (Lipinski definition) is 1. The van der Waals surface area contributed by atoms with E-state index < -0.39 is 0 Å². The molecule has 1 saturated heterocycles. The van der Waals surface area contributed by atoms with Crippen LogP contribution in [0.5, 0.6) is 0 Å². The molecule has 1 fully saturated rings. The maximum Gasteiger partial charge on any atom is 0.128 e. The van der Waals surface area contributed by atoms with Crippen molar-refractivity contribution in [1.82, 2.24) is 19.9 Å². The van der Waals surface area contributed by atoms with Crippen LogP contribution in [0.1, 0.15) is 49.6 Å². The van der Waals surface area contributed by atoms with Crippen molar-refractivity contribution in [2.75, 3.05) is 31.1 Å². The van der Waals surface area contributed by atoms with E-state index in [1.807, 2.05) is 0 Å². The fourth-order valence-corrected chi connectivity index (χ4v) is 3.17. The van der Waals surface area contributed by atoms with Crippen LogP contribution in [0.15, 0.2) is 18.2 Å². The minimum atomic E-state index is 0.474. The Balaban J connectivity index is 1.59. The van der Waals surface area contributed by atoms with Crippen molar-refractivity contribution in [3.63, 3.8) is 0 Å². The Morgan fingerprint density at radius 1 is 1.12 bits per heavy atom. The van der Waals surface area contributed by atoms with Gasteiger partial charge in [-0.2, -0.15) is 0 Å². The fourth-order valence-electron chi connectivity index (χ4n) is 3.17. The van der Waals surface area contributed by atoms with Gasteiger partial charge >= 0.3 is 0 Å². The van der Waals surface area contributed by atoms with Gasteiger partial charge in [0, 0.05) is 50.5 Å². The lowest BCUT2D eigenvalue weighted by atomic mass is 10.1. The number of aromatic amines is 1. The summed E-state index contributed by atoms with van der Waals surface area (Å²) in [6.07, 6.45) is 0.965. The van der Waals surface area contributed by atoms with E-state index in [1.165, 1.54) is 17.1 Å². The molecule has 1 N–H and O–H groups in total. The van der Waals surface area contributed by atoms with Crippen molar-refractivity contribution in [3.8, 4) is 0 Å². The first kappa shape index (κ1) is 17.0. The summed E-state index contributed by atoms with van der Waals surface area (Å²) in [5.74, 6) is 2.68. The van der Waals surface area contributed by atoms with Crippen molar-refractivity contribution in [3.05, 3.63) is 41.1 Å². The van der Waals surface area contributed by atoms with Crippen LogP contribution in [0.25, 0.3) is 0 Å². The Hall–Kier alpha value is -1.88. The quantitative estimate of drug-likeness (QED) is 0.916. The zero-order valence-corrected chi connectivity index (χ0v) is 15.3. The van der Waals surface area contributed by atoms with Crippen LogP contribution in [0.4, 0.5) is 5.82 Å². The molecule has 0 bridgehead atoms. The maximum absolute atomic E-state index is 4.82. The Bertz CT molecular complexity index is 668. The van der Waals surface area contributed by atoms with Gasteiger partial charge in [-0.05, 0) is 25.0 Å². The molecular formula is C19H29N5. The molecule has 5 nitrogen and oxygen atoms in total. The lowest BCUT2D eigenvalue weighted by molar-refractivity contribution is 0.246. The van der Waals surface area contributed by atoms with Crippen molar-refractivity contribution in [2.45, 2.75) is 46.6 Å². The zero-order chi connectivity index (χ0) is 17.1. The monoisotopic (exact) mass is 327 g/mol. The first-order valence-electron chi connectivity index (χ1n) is 9.05. The van der Waals surface area contributed by atoms with Crippen molar-refractivity contribution < 1.29 is 0 Å². The highest BCUT2D eigenvalue weighted by molar-refractivity contribution is 5.40. The average molecular weight is 327 g/mol. The minimum Gasteiger partial charge on any atom is -0.354 e. The van der Waals surface area contributed by atoms with Gasteiger partial charge in [-0.25, -0.2) is 9.97 Å². The number of imidazole rings is 1. The molecule has 0 atom stereocenters. The summed E-state index contributed by atoms with van der Waals surface area (Å²) >= 11 is 0. The number of H-pyrrole nitrogens is 1. The van der Waals surface area contributed by atoms with Crippen LogP contribution in [-0.2, 0) is 13.0 Å². The Morgan fingerprint density at radius 3 is 2.50 bits per heavy atom. The second-order valence-electron chi connectivity index (χ2n) is 6.95. The number of rotatable bonds is 5. The highest BCUT2D eigenvalue weighted by atomic mass is 15.3. The summed E-state index contributed by atoms with van der Waals surface area (Å²) in [5, 5.41) is 0. The normalized spacial score (nSPS) is 16.1. The van der Waals surface area contributed by atoms with Crippen LogP contribution in [0.3, 0.4) is 0 Å². The lowest BCUT2D eigenvalue weighted by Gasteiger charge is -2.35. The second-order valence-corrected chi connectivity index (χ2v) is 6.95. The largest absolute Gasteiger partial charge is 0.354 e. The van der Waals surface area contributed by atoms with E-state index in [2.05, 4.69) is 60.7 Å². The Kier molecular flexibility index (Phi) is 5.19. The Morgan fingerprint density at radius 2 is 1.88 bits per heavy atom. The van der Waals surface area contributed by atoms with Gasteiger partial charge < -0.3 is 9.88 Å². The molecule has 0 amide bonds. The highest BCUT2D eigenvalue weighted by Gasteiger charge is 2.20. The molecule has 0 unspecified atom stereocenters. The van der Waals surface area contributed by atoms with Gasteiger partial charge in [0.1, 0.15) is 11.6 Å². The molecule has 0 spiro atoms. The molecule has 3 rings (SSSR count). The van der Waals surface area contributed by atoms with Crippen molar-refractivity contribution >= 4 is 5.82 Å². The first-order chi connectivity index (χ1) is 11.6. The molecule has 0 saturated carbocycles. The molecule has 1 aliphatic rings. The SMILES string of the molecule is CCc1nc(CN2CCN(c3cccc(C(C)C)n3)CC2)c(C)[nH]1. The molecule has 3 heterocycles. The number of pyridine rings is 1. The molecule has 24 heavy (non-hydrogen) atoms. The second kappa shape index (κ2) is 7.34. The molecule has 0 radical (unpaired) electrons. The van der Waals surface area contributed by atoms with Gasteiger partial charge in [-0.3, -0.25) is 4.90 Å². The molecule has 2 aromatic rings. The third-order valence-electron chi connectivity index (χ3n) is 4.79. The van der Waals surface area contributed by atoms with Gasteiger partial charge in [0.15, 0.2) is 0 Å². The van der Waals surface area contributed by atoms with Gasteiger partial charge in [-0.1, -0.05) is 26.8 Å². The van der Waals surface area contributed by atoms with Crippen LogP contribution in [-0.4, -0.2) is 46.0 Å². The molecule has 130 valence electrons. The topological polar surface area (TPSA) is 48.1 Å². The number of hydrogen-bond acceptors (Lipinski definition) is 4. The molecule has 1 aliphatic heterocycles. The molecule has 5 heteroatoms. The number of nitrogens with zero attached hydrogens (tertiary/aromatic N) is 4. The van der Waals surface area contributed by atoms with E-state index >= 15 is 0 Å². The van der Waals surface area contributed by atoms with Crippen LogP contribution >= 0.6 is 0 Å². The van der Waals surface area contributed by atoms with Crippen LogP contribution < -0.4 is 4.90 Å². The number of piperazine rings is 1. The molecule has 0 aromatic carbocycles. The number of nitrogens with one attached hydrogen (secondary N) is 1. The fraction of sp³-hybridized carbons (Fsp3) is 0.579. The maximum atomic E-state index is 4.82. The number of anilines is 1. The molecular weight excluding hydrogens is 298 g/mol. The molecule has 2 aromatic heterocycles. The van der Waals surface area contributed by atoms with E-state index in [-0.39, 0.29) is 0 Å². The van der Waals surface area contributed by atoms with E-state index in [0.717, 1.165) is 50.8 Å². The zero-order valence-electron chi connectivity index (χ0n) is 15.3. The van der Waals surface area contributed by atoms with Crippen molar-refractivity contribution in [1.29, 1.82) is 0 Å². The summed E-state index contributed by atoms with van der Waals surface area (Å²) in [6, 6.07) is 6.38. The third kappa shape index (κ3) is 3.78. The van der Waals surface area contributed by atoms with E-state index in [0.29, 0.717) is 5.92 Å². The van der Waals surface area contributed by atoms with E-state index in [1.54, 1.807) is 0 Å². The minimum absolute atomic E-state index is 0.474. The van der Waals surface area contributed by atoms with Gasteiger partial charge in [0.2, 0.25) is 0 Å². The predicted molar refractivity (Wildman–Crippen MR) is 98.5 cm³/mol. The first-order valence-corrected chi connectivity index (χ1v) is 9.05.